The number of anilines is 2. The average Bonchev–Trinajstić information content (AvgIpc) is 3.35. The number of carbonyl (C=O) groups is 2. The van der Waals surface area contributed by atoms with Gasteiger partial charge < -0.3 is 10.6 Å². The molecule has 0 atom stereocenters. The first-order chi connectivity index (χ1) is 15.1. The number of thiophene rings is 1. The van der Waals surface area contributed by atoms with Crippen molar-refractivity contribution in [3.05, 3.63) is 93.9 Å². The van der Waals surface area contributed by atoms with Crippen molar-refractivity contribution in [3.8, 4) is 0 Å². The Morgan fingerprint density at radius 2 is 1.61 bits per heavy atom. The number of carbonyl (C=O) groups excluding carboxylic acids is 2. The Morgan fingerprint density at radius 3 is 2.45 bits per heavy atom. The topological polar surface area (TPSA) is 58.2 Å². The maximum Gasteiger partial charge on any atom is 0.258 e. The summed E-state index contributed by atoms with van der Waals surface area (Å²) in [6, 6.07) is 21.3. The number of amides is 2. The van der Waals surface area contributed by atoms with Crippen molar-refractivity contribution >= 4 is 44.6 Å². The number of hydrogen-bond donors (Lipinski definition) is 2. The lowest BCUT2D eigenvalue weighted by molar-refractivity contribution is 0.102. The van der Waals surface area contributed by atoms with E-state index in [1.165, 1.54) is 16.2 Å². The lowest BCUT2D eigenvalue weighted by Crippen LogP contribution is -2.18. The molecule has 5 rings (SSSR count). The maximum absolute atomic E-state index is 13.2. The first-order valence-corrected chi connectivity index (χ1v) is 11.2. The number of rotatable bonds is 4. The van der Waals surface area contributed by atoms with E-state index in [-0.39, 0.29) is 11.8 Å². The zero-order chi connectivity index (χ0) is 21.4. The van der Waals surface area contributed by atoms with Crippen LogP contribution in [0, 0.1) is 6.92 Å². The van der Waals surface area contributed by atoms with Crippen molar-refractivity contribution in [2.45, 2.75) is 26.2 Å². The van der Waals surface area contributed by atoms with E-state index < -0.39 is 0 Å². The van der Waals surface area contributed by atoms with E-state index >= 15 is 0 Å². The molecule has 4 nitrogen and oxygen atoms in total. The summed E-state index contributed by atoms with van der Waals surface area (Å²) in [7, 11) is 0. The highest BCUT2D eigenvalue weighted by molar-refractivity contribution is 7.17. The van der Waals surface area contributed by atoms with Crippen molar-refractivity contribution in [2.24, 2.45) is 0 Å². The van der Waals surface area contributed by atoms with Crippen molar-refractivity contribution in [3.63, 3.8) is 0 Å². The van der Waals surface area contributed by atoms with E-state index in [0.29, 0.717) is 16.1 Å². The Kier molecular flexibility index (Phi) is 5.04. The van der Waals surface area contributed by atoms with Crippen molar-refractivity contribution in [1.82, 2.24) is 0 Å². The molecule has 0 aliphatic heterocycles. The van der Waals surface area contributed by atoms with Gasteiger partial charge in [0.25, 0.3) is 11.8 Å². The summed E-state index contributed by atoms with van der Waals surface area (Å²) in [6.45, 7) is 2.01. The number of benzene rings is 3. The Labute approximate surface area is 184 Å². The van der Waals surface area contributed by atoms with Crippen LogP contribution in [0.5, 0.6) is 0 Å². The first-order valence-electron chi connectivity index (χ1n) is 10.4. The van der Waals surface area contributed by atoms with Gasteiger partial charge in [0, 0.05) is 16.1 Å². The van der Waals surface area contributed by atoms with Gasteiger partial charge in [0.15, 0.2) is 0 Å². The van der Waals surface area contributed by atoms with Crippen molar-refractivity contribution in [2.75, 3.05) is 10.6 Å². The van der Waals surface area contributed by atoms with Gasteiger partial charge in [0.1, 0.15) is 5.00 Å². The monoisotopic (exact) mass is 426 g/mol. The highest BCUT2D eigenvalue weighted by Gasteiger charge is 2.28. The minimum absolute atomic E-state index is 0.170. The summed E-state index contributed by atoms with van der Waals surface area (Å²) in [6.07, 6.45) is 2.87. The molecule has 2 amide bonds. The van der Waals surface area contributed by atoms with Gasteiger partial charge in [0.2, 0.25) is 0 Å². The second-order valence-corrected chi connectivity index (χ2v) is 8.97. The molecule has 154 valence electrons. The van der Waals surface area contributed by atoms with Gasteiger partial charge in [0.05, 0.1) is 5.56 Å². The number of aryl methyl sites for hydroxylation is 2. The molecule has 0 bridgehead atoms. The molecule has 4 aromatic rings. The van der Waals surface area contributed by atoms with Crippen LogP contribution >= 0.6 is 11.3 Å². The normalized spacial score (nSPS) is 12.5. The third-order valence-electron chi connectivity index (χ3n) is 5.72. The van der Waals surface area contributed by atoms with Crippen LogP contribution in [-0.4, -0.2) is 11.8 Å². The molecule has 0 saturated heterocycles. The predicted molar refractivity (Wildman–Crippen MR) is 127 cm³/mol. The lowest BCUT2D eigenvalue weighted by atomic mass is 10.0. The summed E-state index contributed by atoms with van der Waals surface area (Å²) in [5, 5.41) is 8.59. The SMILES string of the molecule is Cc1ccc(NC(=O)c2c(NC(=O)c3cccc4ccccc34)sc3c2CCC3)cc1. The fourth-order valence-electron chi connectivity index (χ4n) is 4.16. The van der Waals surface area contributed by atoms with Gasteiger partial charge in [-0.3, -0.25) is 9.59 Å². The van der Waals surface area contributed by atoms with Gasteiger partial charge >= 0.3 is 0 Å². The molecular weight excluding hydrogens is 404 g/mol. The van der Waals surface area contributed by atoms with E-state index in [2.05, 4.69) is 10.6 Å². The summed E-state index contributed by atoms with van der Waals surface area (Å²) in [5.41, 5.74) is 4.17. The zero-order valence-electron chi connectivity index (χ0n) is 17.2. The van der Waals surface area contributed by atoms with Gasteiger partial charge in [-0.2, -0.15) is 0 Å². The highest BCUT2D eigenvalue weighted by Crippen LogP contribution is 2.40. The molecular formula is C26H22N2O2S. The van der Waals surface area contributed by atoms with E-state index in [0.717, 1.165) is 46.8 Å². The van der Waals surface area contributed by atoms with E-state index in [1.54, 1.807) is 0 Å². The van der Waals surface area contributed by atoms with Gasteiger partial charge in [-0.05, 0) is 60.7 Å². The van der Waals surface area contributed by atoms with Crippen LogP contribution in [0.15, 0.2) is 66.7 Å². The molecule has 5 heteroatoms. The van der Waals surface area contributed by atoms with E-state index in [1.807, 2.05) is 73.7 Å². The van der Waals surface area contributed by atoms with Crippen LogP contribution in [0.3, 0.4) is 0 Å². The minimum atomic E-state index is -0.193. The quantitative estimate of drug-likeness (QED) is 0.408. The smallest absolute Gasteiger partial charge is 0.258 e. The average molecular weight is 427 g/mol. The summed E-state index contributed by atoms with van der Waals surface area (Å²) in [4.78, 5) is 27.6. The molecule has 1 aliphatic carbocycles. The maximum atomic E-state index is 13.2. The van der Waals surface area contributed by atoms with Crippen LogP contribution < -0.4 is 10.6 Å². The van der Waals surface area contributed by atoms with E-state index in [9.17, 15) is 9.59 Å². The largest absolute Gasteiger partial charge is 0.322 e. The van der Waals surface area contributed by atoms with Crippen molar-refractivity contribution in [1.29, 1.82) is 0 Å². The fraction of sp³-hybridized carbons (Fsp3) is 0.154. The standard InChI is InChI=1S/C26H22N2O2S/c1-16-12-14-18(15-13-16)27-25(30)23-21-10-5-11-22(21)31-26(23)28-24(29)20-9-4-7-17-6-2-3-8-19(17)20/h2-4,6-9,12-15H,5,10-11H2,1H3,(H,27,30)(H,28,29). The van der Waals surface area contributed by atoms with Crippen LogP contribution in [0.25, 0.3) is 10.8 Å². The summed E-state index contributed by atoms with van der Waals surface area (Å²) >= 11 is 1.53. The Bertz CT molecular complexity index is 1300. The van der Waals surface area contributed by atoms with Crippen LogP contribution in [0.4, 0.5) is 10.7 Å². The number of nitrogens with one attached hydrogen (secondary N) is 2. The van der Waals surface area contributed by atoms with Crippen LogP contribution in [0.1, 0.15) is 43.1 Å². The molecule has 2 N–H and O–H groups in total. The predicted octanol–water partition coefficient (Wildman–Crippen LogP) is 6.20. The molecule has 31 heavy (non-hydrogen) atoms. The molecule has 0 spiro atoms. The lowest BCUT2D eigenvalue weighted by Gasteiger charge is -2.11. The Morgan fingerprint density at radius 1 is 0.839 bits per heavy atom. The molecule has 1 heterocycles. The van der Waals surface area contributed by atoms with E-state index in [4.69, 9.17) is 0 Å². The minimum Gasteiger partial charge on any atom is -0.322 e. The molecule has 3 aromatic carbocycles. The summed E-state index contributed by atoms with van der Waals surface area (Å²) in [5.74, 6) is -0.363. The third-order valence-corrected chi connectivity index (χ3v) is 6.93. The molecule has 0 unspecified atom stereocenters. The van der Waals surface area contributed by atoms with Gasteiger partial charge in [-0.1, -0.05) is 54.1 Å². The third kappa shape index (κ3) is 3.73. The Balaban J connectivity index is 1.48. The fourth-order valence-corrected chi connectivity index (χ4v) is 5.44. The number of hydrogen-bond acceptors (Lipinski definition) is 3. The van der Waals surface area contributed by atoms with Crippen LogP contribution in [0.2, 0.25) is 0 Å². The van der Waals surface area contributed by atoms with Gasteiger partial charge in [-0.25, -0.2) is 0 Å². The number of fused-ring (bicyclic) bond motifs is 2. The summed E-state index contributed by atoms with van der Waals surface area (Å²) < 4.78 is 0. The van der Waals surface area contributed by atoms with Crippen molar-refractivity contribution < 1.29 is 9.59 Å². The first kappa shape index (κ1) is 19.5. The molecule has 0 radical (unpaired) electrons. The highest BCUT2D eigenvalue weighted by atomic mass is 32.1. The van der Waals surface area contributed by atoms with Gasteiger partial charge in [-0.15, -0.1) is 11.3 Å². The molecule has 0 saturated carbocycles. The second-order valence-electron chi connectivity index (χ2n) is 7.86. The molecule has 0 fully saturated rings. The Hall–Kier alpha value is -3.44. The second kappa shape index (κ2) is 8.00. The van der Waals surface area contributed by atoms with Crippen LogP contribution in [-0.2, 0) is 12.8 Å². The molecule has 1 aromatic heterocycles. The molecule has 1 aliphatic rings. The zero-order valence-corrected chi connectivity index (χ0v) is 18.0.